The van der Waals surface area contributed by atoms with Gasteiger partial charge in [0, 0.05) is 6.20 Å². The van der Waals surface area contributed by atoms with Crippen molar-refractivity contribution < 1.29 is 17.9 Å². The van der Waals surface area contributed by atoms with Crippen LogP contribution in [-0.2, 0) is 0 Å². The third-order valence-electron chi connectivity index (χ3n) is 1.92. The molecule has 0 saturated heterocycles. The second-order valence-corrected chi connectivity index (χ2v) is 3.93. The third kappa shape index (κ3) is 3.00. The summed E-state index contributed by atoms with van der Waals surface area (Å²) in [6, 6.07) is 5.84. The molecule has 1 aromatic carbocycles. The molecule has 0 amide bonds. The molecule has 90 valence electrons. The van der Waals surface area contributed by atoms with Gasteiger partial charge in [-0.2, -0.15) is 0 Å². The molecule has 0 unspecified atom stereocenters. The summed E-state index contributed by atoms with van der Waals surface area (Å²) in [5.41, 5.74) is 0.267. The topological polar surface area (TPSA) is 27.1 Å². The summed E-state index contributed by atoms with van der Waals surface area (Å²) in [6.07, 6.45) is -1.78. The first-order valence-corrected chi connectivity index (χ1v) is 5.30. The van der Waals surface area contributed by atoms with E-state index >= 15 is 0 Å². The lowest BCUT2D eigenvalue weighted by atomic mass is 10.3. The maximum atomic E-state index is 12.2. The minimum atomic E-state index is -4.71. The van der Waals surface area contributed by atoms with Gasteiger partial charge in [0.15, 0.2) is 5.75 Å². The lowest BCUT2D eigenvalue weighted by molar-refractivity contribution is -0.274. The van der Waals surface area contributed by atoms with Crippen LogP contribution in [0.4, 0.5) is 13.2 Å². The lowest BCUT2D eigenvalue weighted by Crippen LogP contribution is -2.18. The molecule has 0 fully saturated rings. The Morgan fingerprint density at radius 3 is 2.53 bits per heavy atom. The van der Waals surface area contributed by atoms with Crippen molar-refractivity contribution in [1.29, 1.82) is 0 Å². The fourth-order valence-corrected chi connectivity index (χ4v) is 1.62. The van der Waals surface area contributed by atoms with Crippen LogP contribution in [0, 0.1) is 0 Å². The van der Waals surface area contributed by atoms with Crippen LogP contribution < -0.4 is 4.74 Å². The number of hydrogen-bond acceptors (Lipinski definition) is 2. The van der Waals surface area contributed by atoms with Gasteiger partial charge in [0.1, 0.15) is 10.9 Å². The summed E-state index contributed by atoms with van der Waals surface area (Å²) in [5, 5.41) is 0. The van der Waals surface area contributed by atoms with E-state index in [-0.39, 0.29) is 11.4 Å². The monoisotopic (exact) mass is 306 g/mol. The molecule has 0 N–H and O–H groups in total. The largest absolute Gasteiger partial charge is 0.573 e. The van der Waals surface area contributed by atoms with E-state index in [1.165, 1.54) is 29.1 Å². The molecule has 0 aliphatic carbocycles. The summed E-state index contributed by atoms with van der Waals surface area (Å²) >= 11 is 3.12. The number of aromatic nitrogens is 2. The Bertz CT molecular complexity index is 524. The number of imidazole rings is 1. The van der Waals surface area contributed by atoms with Gasteiger partial charge in [-0.05, 0) is 28.1 Å². The van der Waals surface area contributed by atoms with Crippen molar-refractivity contribution in [2.24, 2.45) is 0 Å². The van der Waals surface area contributed by atoms with Gasteiger partial charge in [0.05, 0.1) is 5.69 Å². The number of para-hydroxylation sites is 2. The molecule has 7 heteroatoms. The molecule has 2 aromatic rings. The van der Waals surface area contributed by atoms with Gasteiger partial charge in [-0.3, -0.25) is 0 Å². The Morgan fingerprint density at radius 2 is 1.94 bits per heavy atom. The Hall–Kier alpha value is -1.50. The van der Waals surface area contributed by atoms with Gasteiger partial charge in [-0.1, -0.05) is 12.1 Å². The van der Waals surface area contributed by atoms with Gasteiger partial charge in [-0.25, -0.2) is 4.98 Å². The molecule has 2 rings (SSSR count). The molecule has 0 radical (unpaired) electrons. The quantitative estimate of drug-likeness (QED) is 0.848. The van der Waals surface area contributed by atoms with Crippen molar-refractivity contribution in [2.45, 2.75) is 6.36 Å². The molecule has 0 aliphatic heterocycles. The SMILES string of the molecule is FC(F)(F)Oc1ccccc1-n1cnc(Br)c1. The summed E-state index contributed by atoms with van der Waals surface area (Å²) in [4.78, 5) is 3.87. The maximum absolute atomic E-state index is 12.2. The highest BCUT2D eigenvalue weighted by atomic mass is 79.9. The summed E-state index contributed by atoms with van der Waals surface area (Å²) < 4.78 is 42.5. The summed E-state index contributed by atoms with van der Waals surface area (Å²) in [7, 11) is 0. The first-order chi connectivity index (χ1) is 7.96. The van der Waals surface area contributed by atoms with Gasteiger partial charge >= 0.3 is 6.36 Å². The number of nitrogens with zero attached hydrogens (tertiary/aromatic N) is 2. The molecular formula is C10H6BrF3N2O. The number of rotatable bonds is 2. The van der Waals surface area contributed by atoms with Crippen molar-refractivity contribution in [3.63, 3.8) is 0 Å². The molecule has 0 spiro atoms. The van der Waals surface area contributed by atoms with E-state index in [1.807, 2.05) is 0 Å². The fraction of sp³-hybridized carbons (Fsp3) is 0.100. The van der Waals surface area contributed by atoms with E-state index in [9.17, 15) is 13.2 Å². The predicted octanol–water partition coefficient (Wildman–Crippen LogP) is 3.53. The highest BCUT2D eigenvalue weighted by molar-refractivity contribution is 9.10. The summed E-state index contributed by atoms with van der Waals surface area (Å²) in [5.74, 6) is -0.273. The Morgan fingerprint density at radius 1 is 1.24 bits per heavy atom. The fourth-order valence-electron chi connectivity index (χ4n) is 1.31. The Kier molecular flexibility index (Phi) is 3.10. The van der Waals surface area contributed by atoms with Crippen LogP contribution in [0.1, 0.15) is 0 Å². The van der Waals surface area contributed by atoms with E-state index in [0.29, 0.717) is 4.60 Å². The van der Waals surface area contributed by atoms with Crippen LogP contribution in [0.15, 0.2) is 41.4 Å². The molecular weight excluding hydrogens is 301 g/mol. The van der Waals surface area contributed by atoms with Gasteiger partial charge in [-0.15, -0.1) is 13.2 Å². The van der Waals surface area contributed by atoms with Crippen LogP contribution in [0.3, 0.4) is 0 Å². The number of ether oxygens (including phenoxy) is 1. The molecule has 0 saturated carbocycles. The minimum absolute atomic E-state index is 0.267. The van der Waals surface area contributed by atoms with Crippen LogP contribution in [-0.4, -0.2) is 15.9 Å². The lowest BCUT2D eigenvalue weighted by Gasteiger charge is -2.13. The van der Waals surface area contributed by atoms with E-state index < -0.39 is 6.36 Å². The van der Waals surface area contributed by atoms with Crippen LogP contribution in [0.5, 0.6) is 5.75 Å². The first kappa shape index (κ1) is 12.0. The molecule has 3 nitrogen and oxygen atoms in total. The Labute approximate surface area is 103 Å². The van der Waals surface area contributed by atoms with E-state index in [0.717, 1.165) is 0 Å². The molecule has 0 aliphatic rings. The molecule has 1 heterocycles. The van der Waals surface area contributed by atoms with Crippen molar-refractivity contribution >= 4 is 15.9 Å². The number of alkyl halides is 3. The van der Waals surface area contributed by atoms with Crippen molar-refractivity contribution in [3.8, 4) is 11.4 Å². The van der Waals surface area contributed by atoms with E-state index in [1.54, 1.807) is 12.3 Å². The van der Waals surface area contributed by atoms with Crippen molar-refractivity contribution in [1.82, 2.24) is 9.55 Å². The number of halogens is 4. The second kappa shape index (κ2) is 4.40. The number of benzene rings is 1. The predicted molar refractivity (Wildman–Crippen MR) is 57.9 cm³/mol. The normalized spacial score (nSPS) is 11.5. The van der Waals surface area contributed by atoms with Crippen molar-refractivity contribution in [2.75, 3.05) is 0 Å². The average molecular weight is 307 g/mol. The average Bonchev–Trinajstić information content (AvgIpc) is 2.63. The Balaban J connectivity index is 2.41. The first-order valence-electron chi connectivity index (χ1n) is 4.50. The smallest absolute Gasteiger partial charge is 0.404 e. The highest BCUT2D eigenvalue weighted by Gasteiger charge is 2.32. The van der Waals surface area contributed by atoms with Crippen LogP contribution in [0.2, 0.25) is 0 Å². The van der Waals surface area contributed by atoms with Crippen LogP contribution >= 0.6 is 15.9 Å². The highest BCUT2D eigenvalue weighted by Crippen LogP contribution is 2.29. The zero-order chi connectivity index (χ0) is 12.5. The van der Waals surface area contributed by atoms with E-state index in [4.69, 9.17) is 0 Å². The van der Waals surface area contributed by atoms with Crippen LogP contribution in [0.25, 0.3) is 5.69 Å². The van der Waals surface area contributed by atoms with Gasteiger partial charge in [0.25, 0.3) is 0 Å². The third-order valence-corrected chi connectivity index (χ3v) is 2.33. The molecule has 17 heavy (non-hydrogen) atoms. The zero-order valence-electron chi connectivity index (χ0n) is 8.28. The molecule has 1 aromatic heterocycles. The van der Waals surface area contributed by atoms with E-state index in [2.05, 4.69) is 25.7 Å². The maximum Gasteiger partial charge on any atom is 0.573 e. The minimum Gasteiger partial charge on any atom is -0.404 e. The van der Waals surface area contributed by atoms with Gasteiger partial charge < -0.3 is 9.30 Å². The van der Waals surface area contributed by atoms with Crippen molar-refractivity contribution in [3.05, 3.63) is 41.4 Å². The summed E-state index contributed by atoms with van der Waals surface area (Å²) in [6.45, 7) is 0. The standard InChI is InChI=1S/C10H6BrF3N2O/c11-9-5-16(6-15-9)7-3-1-2-4-8(7)17-10(12,13)14/h1-6H. The van der Waals surface area contributed by atoms with Gasteiger partial charge in [0.2, 0.25) is 0 Å². The second-order valence-electron chi connectivity index (χ2n) is 3.12. The molecule has 0 atom stereocenters. The zero-order valence-corrected chi connectivity index (χ0v) is 9.86. The molecule has 0 bridgehead atoms. The number of hydrogen-bond donors (Lipinski definition) is 0.